The number of carbonyl (C=O) groups is 2. The Morgan fingerprint density at radius 1 is 1.33 bits per heavy atom. The molecule has 1 amide bonds. The van der Waals surface area contributed by atoms with Crippen LogP contribution in [0, 0.1) is 5.92 Å². The number of carbonyl (C=O) groups excluding carboxylic acids is 1. The number of benzene rings is 1. The summed E-state index contributed by atoms with van der Waals surface area (Å²) < 4.78 is 5.13. The molecule has 0 aliphatic carbocycles. The highest BCUT2D eigenvalue weighted by Gasteiger charge is 2.21. The van der Waals surface area contributed by atoms with Crippen molar-refractivity contribution >= 4 is 11.9 Å². The Bertz CT molecular complexity index is 405. The molecule has 0 saturated heterocycles. The Labute approximate surface area is 106 Å². The maximum atomic E-state index is 11.9. The second-order valence-corrected chi connectivity index (χ2v) is 4.01. The molecule has 1 rings (SSSR count). The Kier molecular flexibility index (Phi) is 5.32. The van der Waals surface area contributed by atoms with Gasteiger partial charge in [-0.1, -0.05) is 37.3 Å². The van der Waals surface area contributed by atoms with Crippen LogP contribution < -0.4 is 5.32 Å². The molecule has 0 bridgehead atoms. The SMILES string of the molecule is COC(C(=O)NCC(C)C(=O)O)c1ccccc1. The molecule has 0 saturated carbocycles. The van der Waals surface area contributed by atoms with Gasteiger partial charge in [-0.2, -0.15) is 0 Å². The fraction of sp³-hybridized carbons (Fsp3) is 0.385. The predicted molar refractivity (Wildman–Crippen MR) is 66.0 cm³/mol. The third-order valence-corrected chi connectivity index (χ3v) is 2.58. The first-order valence-electron chi connectivity index (χ1n) is 5.64. The second kappa shape index (κ2) is 6.76. The summed E-state index contributed by atoms with van der Waals surface area (Å²) in [5.74, 6) is -1.90. The molecule has 0 spiro atoms. The Morgan fingerprint density at radius 3 is 2.44 bits per heavy atom. The summed E-state index contributed by atoms with van der Waals surface area (Å²) >= 11 is 0. The standard InChI is InChI=1S/C13H17NO4/c1-9(13(16)17)8-14-12(15)11(18-2)10-6-4-3-5-7-10/h3-7,9,11H,8H2,1-2H3,(H,14,15)(H,16,17). The lowest BCUT2D eigenvalue weighted by Crippen LogP contribution is -2.35. The molecule has 98 valence electrons. The molecule has 2 unspecified atom stereocenters. The third-order valence-electron chi connectivity index (χ3n) is 2.58. The van der Waals surface area contributed by atoms with E-state index in [-0.39, 0.29) is 12.5 Å². The fourth-order valence-electron chi connectivity index (χ4n) is 1.46. The van der Waals surface area contributed by atoms with Gasteiger partial charge < -0.3 is 15.2 Å². The summed E-state index contributed by atoms with van der Waals surface area (Å²) in [6, 6.07) is 9.05. The lowest BCUT2D eigenvalue weighted by molar-refractivity contribution is -0.141. The molecule has 0 aliphatic rings. The molecule has 2 atom stereocenters. The predicted octanol–water partition coefficient (Wildman–Crippen LogP) is 1.21. The van der Waals surface area contributed by atoms with Crippen LogP contribution in [0.4, 0.5) is 0 Å². The summed E-state index contributed by atoms with van der Waals surface area (Å²) in [7, 11) is 1.44. The van der Waals surface area contributed by atoms with Crippen molar-refractivity contribution in [1.82, 2.24) is 5.32 Å². The number of hydrogen-bond donors (Lipinski definition) is 2. The summed E-state index contributed by atoms with van der Waals surface area (Å²) in [5, 5.41) is 11.3. The van der Waals surface area contributed by atoms with Gasteiger partial charge in [0.1, 0.15) is 0 Å². The van der Waals surface area contributed by atoms with Crippen molar-refractivity contribution in [2.75, 3.05) is 13.7 Å². The van der Waals surface area contributed by atoms with Crippen LogP contribution in [0.5, 0.6) is 0 Å². The lowest BCUT2D eigenvalue weighted by atomic mass is 10.1. The second-order valence-electron chi connectivity index (χ2n) is 4.01. The monoisotopic (exact) mass is 251 g/mol. The Balaban J connectivity index is 2.61. The summed E-state index contributed by atoms with van der Waals surface area (Å²) in [4.78, 5) is 22.5. The molecule has 1 aromatic rings. The van der Waals surface area contributed by atoms with Gasteiger partial charge in [-0.3, -0.25) is 9.59 Å². The van der Waals surface area contributed by atoms with Crippen LogP contribution in [0.15, 0.2) is 30.3 Å². The zero-order valence-electron chi connectivity index (χ0n) is 10.4. The van der Waals surface area contributed by atoms with Crippen molar-refractivity contribution in [2.45, 2.75) is 13.0 Å². The van der Waals surface area contributed by atoms with Gasteiger partial charge in [-0.15, -0.1) is 0 Å². The van der Waals surface area contributed by atoms with Crippen LogP contribution in [0.1, 0.15) is 18.6 Å². The van der Waals surface area contributed by atoms with Gasteiger partial charge in [-0.05, 0) is 5.56 Å². The highest BCUT2D eigenvalue weighted by molar-refractivity contribution is 5.82. The minimum Gasteiger partial charge on any atom is -0.481 e. The topological polar surface area (TPSA) is 75.6 Å². The molecule has 2 N–H and O–H groups in total. The number of nitrogens with one attached hydrogen (secondary N) is 1. The number of carboxylic acid groups (broad SMARTS) is 1. The number of aliphatic carboxylic acids is 1. The van der Waals surface area contributed by atoms with E-state index in [2.05, 4.69) is 5.32 Å². The van der Waals surface area contributed by atoms with Crippen LogP contribution in [-0.4, -0.2) is 30.6 Å². The maximum Gasteiger partial charge on any atom is 0.308 e. The van der Waals surface area contributed by atoms with E-state index in [0.29, 0.717) is 0 Å². The molecule has 18 heavy (non-hydrogen) atoms. The minimum atomic E-state index is -0.941. The van der Waals surface area contributed by atoms with Crippen molar-refractivity contribution in [2.24, 2.45) is 5.92 Å². The number of rotatable bonds is 6. The largest absolute Gasteiger partial charge is 0.481 e. The van der Waals surface area contributed by atoms with Crippen molar-refractivity contribution in [3.05, 3.63) is 35.9 Å². The molecule has 0 heterocycles. The Hall–Kier alpha value is -1.88. The average Bonchev–Trinajstić information content (AvgIpc) is 2.38. The molecule has 1 aromatic carbocycles. The van der Waals surface area contributed by atoms with E-state index in [1.807, 2.05) is 18.2 Å². The number of hydrogen-bond acceptors (Lipinski definition) is 3. The van der Waals surface area contributed by atoms with E-state index in [4.69, 9.17) is 9.84 Å². The first-order chi connectivity index (χ1) is 8.56. The van der Waals surface area contributed by atoms with Crippen molar-refractivity contribution in [1.29, 1.82) is 0 Å². The summed E-state index contributed by atoms with van der Waals surface area (Å²) in [5.41, 5.74) is 0.737. The van der Waals surface area contributed by atoms with Crippen LogP contribution in [0.25, 0.3) is 0 Å². The summed E-state index contributed by atoms with van der Waals surface area (Å²) in [6.45, 7) is 1.62. The molecular weight excluding hydrogens is 234 g/mol. The van der Waals surface area contributed by atoms with Crippen LogP contribution in [0.2, 0.25) is 0 Å². The van der Waals surface area contributed by atoms with Gasteiger partial charge in [0.05, 0.1) is 5.92 Å². The van der Waals surface area contributed by atoms with Gasteiger partial charge in [0.15, 0.2) is 6.10 Å². The van der Waals surface area contributed by atoms with Crippen molar-refractivity contribution < 1.29 is 19.4 Å². The maximum absolute atomic E-state index is 11.9. The fourth-order valence-corrected chi connectivity index (χ4v) is 1.46. The van der Waals surface area contributed by atoms with E-state index in [1.165, 1.54) is 14.0 Å². The zero-order chi connectivity index (χ0) is 13.5. The average molecular weight is 251 g/mol. The van der Waals surface area contributed by atoms with Crippen LogP contribution in [-0.2, 0) is 14.3 Å². The molecule has 0 radical (unpaired) electrons. The van der Waals surface area contributed by atoms with Gasteiger partial charge in [0.25, 0.3) is 5.91 Å². The summed E-state index contributed by atoms with van der Waals surface area (Å²) in [6.07, 6.45) is -0.716. The van der Waals surface area contributed by atoms with E-state index >= 15 is 0 Å². The van der Waals surface area contributed by atoms with Crippen LogP contribution in [0.3, 0.4) is 0 Å². The van der Waals surface area contributed by atoms with Gasteiger partial charge >= 0.3 is 5.97 Å². The molecule has 5 nitrogen and oxygen atoms in total. The number of amides is 1. The van der Waals surface area contributed by atoms with E-state index < -0.39 is 18.0 Å². The highest BCUT2D eigenvalue weighted by atomic mass is 16.5. The molecule has 5 heteroatoms. The van der Waals surface area contributed by atoms with Crippen LogP contribution >= 0.6 is 0 Å². The Morgan fingerprint density at radius 2 is 1.94 bits per heavy atom. The molecular formula is C13H17NO4. The first-order valence-corrected chi connectivity index (χ1v) is 5.64. The van der Waals surface area contributed by atoms with Crippen molar-refractivity contribution in [3.63, 3.8) is 0 Å². The smallest absolute Gasteiger partial charge is 0.308 e. The highest BCUT2D eigenvalue weighted by Crippen LogP contribution is 2.16. The van der Waals surface area contributed by atoms with Gasteiger partial charge in [0.2, 0.25) is 0 Å². The van der Waals surface area contributed by atoms with Gasteiger partial charge in [-0.25, -0.2) is 0 Å². The first kappa shape index (κ1) is 14.2. The van der Waals surface area contributed by atoms with Gasteiger partial charge in [0, 0.05) is 13.7 Å². The normalized spacial score (nSPS) is 13.7. The third kappa shape index (κ3) is 3.85. The minimum absolute atomic E-state index is 0.0842. The van der Waals surface area contributed by atoms with Crippen molar-refractivity contribution in [3.8, 4) is 0 Å². The molecule has 0 aromatic heterocycles. The van der Waals surface area contributed by atoms with E-state index in [9.17, 15) is 9.59 Å². The molecule has 0 fully saturated rings. The van der Waals surface area contributed by atoms with E-state index in [0.717, 1.165) is 5.56 Å². The molecule has 0 aliphatic heterocycles. The number of methoxy groups -OCH3 is 1. The number of carboxylic acids is 1. The van der Waals surface area contributed by atoms with E-state index in [1.54, 1.807) is 12.1 Å². The zero-order valence-corrected chi connectivity index (χ0v) is 10.4. The number of ether oxygens (including phenoxy) is 1. The quantitative estimate of drug-likeness (QED) is 0.796. The lowest BCUT2D eigenvalue weighted by Gasteiger charge is -2.16.